The Morgan fingerprint density at radius 1 is 1.40 bits per heavy atom. The molecule has 20 heavy (non-hydrogen) atoms. The van der Waals surface area contributed by atoms with E-state index < -0.39 is 10.0 Å². The molecule has 2 heterocycles. The van der Waals surface area contributed by atoms with Gasteiger partial charge in [0.1, 0.15) is 0 Å². The fraction of sp³-hybridized carbons (Fsp3) is 0.273. The van der Waals surface area contributed by atoms with Crippen molar-refractivity contribution in [3.63, 3.8) is 0 Å². The summed E-state index contributed by atoms with van der Waals surface area (Å²) in [5.41, 5.74) is 3.64. The third-order valence-corrected chi connectivity index (χ3v) is 3.99. The summed E-state index contributed by atoms with van der Waals surface area (Å²) in [6.45, 7) is 1.90. The Balaban J connectivity index is 2.40. The summed E-state index contributed by atoms with van der Waals surface area (Å²) in [4.78, 5) is 3.86. The van der Waals surface area contributed by atoms with Gasteiger partial charge in [-0.25, -0.2) is 4.98 Å². The highest BCUT2D eigenvalue weighted by atomic mass is 32.2. The minimum absolute atomic E-state index is 0.159. The van der Waals surface area contributed by atoms with Crippen LogP contribution in [0.25, 0.3) is 0 Å². The van der Waals surface area contributed by atoms with Crippen LogP contribution in [0.3, 0.4) is 0 Å². The topological polar surface area (TPSA) is 115 Å². The van der Waals surface area contributed by atoms with Crippen LogP contribution in [0.1, 0.15) is 12.6 Å². The number of aryl methyl sites for hydroxylation is 2. The van der Waals surface area contributed by atoms with Crippen molar-refractivity contribution in [1.82, 2.24) is 14.8 Å². The number of nitrogens with zero attached hydrogens (tertiary/aromatic N) is 3. The van der Waals surface area contributed by atoms with E-state index in [1.54, 1.807) is 24.0 Å². The number of anilines is 2. The van der Waals surface area contributed by atoms with E-state index in [9.17, 15) is 8.42 Å². The maximum Gasteiger partial charge on any atom is 0.281 e. The third kappa shape index (κ3) is 2.73. The van der Waals surface area contributed by atoms with Gasteiger partial charge in [0.25, 0.3) is 10.0 Å². The first-order chi connectivity index (χ1) is 9.47. The van der Waals surface area contributed by atoms with Gasteiger partial charge in [-0.15, -0.1) is 0 Å². The first-order valence-electron chi connectivity index (χ1n) is 5.95. The molecule has 0 amide bonds. The Morgan fingerprint density at radius 3 is 2.80 bits per heavy atom. The van der Waals surface area contributed by atoms with Crippen LogP contribution < -0.4 is 16.0 Å². The second-order valence-corrected chi connectivity index (χ2v) is 5.72. The molecule has 0 fully saturated rings. The van der Waals surface area contributed by atoms with Gasteiger partial charge < -0.3 is 5.43 Å². The summed E-state index contributed by atoms with van der Waals surface area (Å²) < 4.78 is 28.7. The Bertz CT molecular complexity index is 709. The molecule has 0 unspecified atom stereocenters. The molecule has 108 valence electrons. The first kappa shape index (κ1) is 14.3. The number of sulfonamides is 1. The quantitative estimate of drug-likeness (QED) is 0.545. The van der Waals surface area contributed by atoms with Gasteiger partial charge in [0.15, 0.2) is 0 Å². The molecular formula is C11H16N6O2S. The van der Waals surface area contributed by atoms with Gasteiger partial charge in [-0.3, -0.25) is 15.2 Å². The SMILES string of the molecule is CCc1nn(C)cc1NS(=O)(=O)c1ncccc1NN. The summed E-state index contributed by atoms with van der Waals surface area (Å²) in [6, 6.07) is 3.13. The highest BCUT2D eigenvalue weighted by Crippen LogP contribution is 2.22. The molecule has 2 rings (SSSR count). The van der Waals surface area contributed by atoms with Gasteiger partial charge in [0, 0.05) is 19.4 Å². The van der Waals surface area contributed by atoms with Gasteiger partial charge in [-0.1, -0.05) is 6.92 Å². The lowest BCUT2D eigenvalue weighted by atomic mass is 10.3. The minimum atomic E-state index is -3.83. The molecular weight excluding hydrogens is 280 g/mol. The second kappa shape index (κ2) is 5.47. The van der Waals surface area contributed by atoms with Crippen LogP contribution in [0.15, 0.2) is 29.6 Å². The van der Waals surface area contributed by atoms with Gasteiger partial charge in [-0.2, -0.15) is 13.5 Å². The molecule has 0 saturated carbocycles. The summed E-state index contributed by atoms with van der Waals surface area (Å²) in [5.74, 6) is 5.30. The van der Waals surface area contributed by atoms with E-state index in [1.807, 2.05) is 6.92 Å². The number of hydrogen-bond acceptors (Lipinski definition) is 6. The maximum atomic E-state index is 12.4. The maximum absolute atomic E-state index is 12.4. The summed E-state index contributed by atoms with van der Waals surface area (Å²) in [7, 11) is -2.11. The van der Waals surface area contributed by atoms with Crippen molar-refractivity contribution in [3.05, 3.63) is 30.2 Å². The molecule has 0 aliphatic heterocycles. The number of rotatable bonds is 5. The smallest absolute Gasteiger partial charge is 0.281 e. The number of hydrazine groups is 1. The van der Waals surface area contributed by atoms with Crippen LogP contribution in [0.2, 0.25) is 0 Å². The normalized spacial score (nSPS) is 11.3. The van der Waals surface area contributed by atoms with Gasteiger partial charge in [0.05, 0.1) is 17.1 Å². The average molecular weight is 296 g/mol. The highest BCUT2D eigenvalue weighted by Gasteiger charge is 2.22. The molecule has 0 aliphatic rings. The molecule has 0 atom stereocenters. The van der Waals surface area contributed by atoms with Crippen molar-refractivity contribution in [2.75, 3.05) is 10.1 Å². The molecule has 0 saturated heterocycles. The lowest BCUT2D eigenvalue weighted by Crippen LogP contribution is -2.19. The number of aromatic nitrogens is 3. The van der Waals surface area contributed by atoms with Gasteiger partial charge in [0.2, 0.25) is 5.03 Å². The van der Waals surface area contributed by atoms with Crippen LogP contribution in [-0.2, 0) is 23.5 Å². The van der Waals surface area contributed by atoms with Crippen molar-refractivity contribution in [1.29, 1.82) is 0 Å². The molecule has 9 heteroatoms. The monoisotopic (exact) mass is 296 g/mol. The second-order valence-electron chi connectivity index (χ2n) is 4.12. The molecule has 4 N–H and O–H groups in total. The predicted molar refractivity (Wildman–Crippen MR) is 75.4 cm³/mol. The number of nitrogens with one attached hydrogen (secondary N) is 2. The van der Waals surface area contributed by atoms with Crippen molar-refractivity contribution in [2.45, 2.75) is 18.4 Å². The molecule has 0 bridgehead atoms. The van der Waals surface area contributed by atoms with Crippen molar-refractivity contribution >= 4 is 21.4 Å². The zero-order chi connectivity index (χ0) is 14.8. The van der Waals surface area contributed by atoms with Crippen molar-refractivity contribution in [3.8, 4) is 0 Å². The number of hydrogen-bond donors (Lipinski definition) is 3. The molecule has 0 aliphatic carbocycles. The Morgan fingerprint density at radius 2 is 2.15 bits per heavy atom. The number of pyridine rings is 1. The lowest BCUT2D eigenvalue weighted by molar-refractivity contribution is 0.598. The highest BCUT2D eigenvalue weighted by molar-refractivity contribution is 7.92. The number of nitrogen functional groups attached to an aromatic ring is 1. The zero-order valence-electron chi connectivity index (χ0n) is 11.2. The fourth-order valence-electron chi connectivity index (χ4n) is 1.79. The summed E-state index contributed by atoms with van der Waals surface area (Å²) in [5, 5.41) is 4.02. The van der Waals surface area contributed by atoms with Crippen LogP contribution >= 0.6 is 0 Å². The van der Waals surface area contributed by atoms with E-state index in [0.717, 1.165) is 0 Å². The molecule has 0 spiro atoms. The van der Waals surface area contributed by atoms with Crippen LogP contribution in [0, 0.1) is 0 Å². The average Bonchev–Trinajstić information content (AvgIpc) is 2.77. The number of nitrogens with two attached hydrogens (primary N) is 1. The van der Waals surface area contributed by atoms with E-state index in [-0.39, 0.29) is 10.7 Å². The van der Waals surface area contributed by atoms with Crippen molar-refractivity contribution in [2.24, 2.45) is 12.9 Å². The fourth-order valence-corrected chi connectivity index (χ4v) is 2.96. The van der Waals surface area contributed by atoms with E-state index in [4.69, 9.17) is 5.84 Å². The van der Waals surface area contributed by atoms with E-state index in [2.05, 4.69) is 20.2 Å². The molecule has 0 aromatic carbocycles. The molecule has 2 aromatic heterocycles. The van der Waals surface area contributed by atoms with Crippen LogP contribution in [-0.4, -0.2) is 23.2 Å². The summed E-state index contributed by atoms with van der Waals surface area (Å²) in [6.07, 6.45) is 3.61. The molecule has 0 radical (unpaired) electrons. The van der Waals surface area contributed by atoms with E-state index >= 15 is 0 Å². The predicted octanol–water partition coefficient (Wildman–Crippen LogP) is 0.464. The Hall–Kier alpha value is -2.13. The van der Waals surface area contributed by atoms with Gasteiger partial charge >= 0.3 is 0 Å². The Labute approximate surface area is 117 Å². The van der Waals surface area contributed by atoms with Crippen molar-refractivity contribution < 1.29 is 8.42 Å². The first-order valence-corrected chi connectivity index (χ1v) is 7.43. The zero-order valence-corrected chi connectivity index (χ0v) is 12.0. The third-order valence-electron chi connectivity index (χ3n) is 2.67. The largest absolute Gasteiger partial charge is 0.321 e. The van der Waals surface area contributed by atoms with E-state index in [0.29, 0.717) is 17.8 Å². The molecule has 2 aromatic rings. The minimum Gasteiger partial charge on any atom is -0.321 e. The van der Waals surface area contributed by atoms with Gasteiger partial charge in [-0.05, 0) is 18.6 Å². The van der Waals surface area contributed by atoms with E-state index in [1.165, 1.54) is 12.3 Å². The summed E-state index contributed by atoms with van der Waals surface area (Å²) >= 11 is 0. The lowest BCUT2D eigenvalue weighted by Gasteiger charge is -2.10. The Kier molecular flexibility index (Phi) is 3.91. The standard InChI is InChI=1S/C11H16N6O2S/c1-3-8-10(7-17(2)15-8)16-20(18,19)11-9(14-12)5-4-6-13-11/h4-7,14,16H,3,12H2,1-2H3. The van der Waals surface area contributed by atoms with Crippen LogP contribution in [0.4, 0.5) is 11.4 Å². The molecule has 8 nitrogen and oxygen atoms in total. The van der Waals surface area contributed by atoms with Crippen LogP contribution in [0.5, 0.6) is 0 Å².